The molecule has 6 nitrogen and oxygen atoms in total. The predicted octanol–water partition coefficient (Wildman–Crippen LogP) is 4.27. The molecule has 4 rings (SSSR count). The van der Waals surface area contributed by atoms with E-state index in [1.807, 2.05) is 61.9 Å². The first-order chi connectivity index (χ1) is 14.8. The lowest BCUT2D eigenvalue weighted by Gasteiger charge is -2.29. The molecule has 1 aliphatic heterocycles. The fourth-order valence-corrected chi connectivity index (χ4v) is 3.65. The zero-order chi connectivity index (χ0) is 22.1. The number of anilines is 1. The molecule has 1 aliphatic rings. The van der Waals surface area contributed by atoms with Crippen LogP contribution in [0.4, 0.5) is 5.69 Å². The van der Waals surface area contributed by atoms with Crippen molar-refractivity contribution in [1.29, 1.82) is 0 Å². The highest BCUT2D eigenvalue weighted by atomic mass is 32.1. The molecule has 0 saturated carbocycles. The lowest BCUT2D eigenvalue weighted by atomic mass is 10.1. The fraction of sp³-hybridized carbons (Fsp3) is 0.125. The number of benzene rings is 2. The highest BCUT2D eigenvalue weighted by Crippen LogP contribution is 2.27. The third kappa shape index (κ3) is 4.00. The molecule has 7 heteroatoms. The van der Waals surface area contributed by atoms with Crippen LogP contribution in [0.2, 0.25) is 0 Å². The van der Waals surface area contributed by atoms with Gasteiger partial charge in [0.1, 0.15) is 17.1 Å². The Morgan fingerprint density at radius 3 is 2.23 bits per heavy atom. The second kappa shape index (κ2) is 8.20. The van der Waals surface area contributed by atoms with E-state index in [4.69, 9.17) is 17.0 Å². The molecule has 2 heterocycles. The molecule has 0 bridgehead atoms. The quantitative estimate of drug-likeness (QED) is 0.381. The van der Waals surface area contributed by atoms with Gasteiger partial charge in [-0.3, -0.25) is 19.8 Å². The van der Waals surface area contributed by atoms with E-state index in [0.29, 0.717) is 17.2 Å². The molecule has 1 N–H and O–H groups in total. The Balaban J connectivity index is 1.62. The first-order valence-electron chi connectivity index (χ1n) is 9.72. The van der Waals surface area contributed by atoms with Gasteiger partial charge in [-0.1, -0.05) is 18.2 Å². The summed E-state index contributed by atoms with van der Waals surface area (Å²) in [7, 11) is 1.94. The summed E-state index contributed by atoms with van der Waals surface area (Å²) < 4.78 is 7.80. The highest BCUT2D eigenvalue weighted by Gasteiger charge is 2.34. The molecular formula is C24H21N3O3S. The van der Waals surface area contributed by atoms with Crippen LogP contribution in [0.1, 0.15) is 17.0 Å². The Labute approximate surface area is 185 Å². The number of carbonyl (C=O) groups is 2. The number of rotatable bonds is 4. The van der Waals surface area contributed by atoms with Gasteiger partial charge < -0.3 is 9.30 Å². The summed E-state index contributed by atoms with van der Waals surface area (Å²) in [6.45, 7) is 3.91. The summed E-state index contributed by atoms with van der Waals surface area (Å²) in [4.78, 5) is 27.0. The minimum absolute atomic E-state index is 0.0342. The van der Waals surface area contributed by atoms with E-state index >= 15 is 0 Å². The zero-order valence-corrected chi connectivity index (χ0v) is 18.2. The lowest BCUT2D eigenvalue weighted by Crippen LogP contribution is -2.54. The van der Waals surface area contributed by atoms with Crippen LogP contribution < -0.4 is 15.0 Å². The first-order valence-corrected chi connectivity index (χ1v) is 10.1. The summed E-state index contributed by atoms with van der Waals surface area (Å²) in [5.74, 6) is 0.369. The Bertz CT molecular complexity index is 1210. The molecule has 31 heavy (non-hydrogen) atoms. The summed E-state index contributed by atoms with van der Waals surface area (Å²) in [5.41, 5.74) is 3.40. The van der Waals surface area contributed by atoms with Crippen molar-refractivity contribution in [3.63, 3.8) is 0 Å². The van der Waals surface area contributed by atoms with Gasteiger partial charge in [-0.2, -0.15) is 0 Å². The van der Waals surface area contributed by atoms with Crippen molar-refractivity contribution in [2.75, 3.05) is 4.90 Å². The number of para-hydroxylation sites is 1. The minimum atomic E-state index is -0.504. The summed E-state index contributed by atoms with van der Waals surface area (Å²) in [6, 6.07) is 18.3. The monoisotopic (exact) mass is 431 g/mol. The maximum absolute atomic E-state index is 13.2. The van der Waals surface area contributed by atoms with Crippen LogP contribution >= 0.6 is 12.2 Å². The van der Waals surface area contributed by atoms with Crippen LogP contribution in [-0.4, -0.2) is 21.5 Å². The van der Waals surface area contributed by atoms with Crippen molar-refractivity contribution in [3.05, 3.63) is 83.2 Å². The number of aromatic nitrogens is 1. The average Bonchev–Trinajstić information content (AvgIpc) is 2.99. The van der Waals surface area contributed by atoms with Crippen molar-refractivity contribution < 1.29 is 14.3 Å². The topological polar surface area (TPSA) is 63.6 Å². The molecule has 156 valence electrons. The van der Waals surface area contributed by atoms with Crippen molar-refractivity contribution in [3.8, 4) is 11.5 Å². The van der Waals surface area contributed by atoms with Gasteiger partial charge in [0.2, 0.25) is 0 Å². The second-order valence-corrected chi connectivity index (χ2v) is 7.64. The van der Waals surface area contributed by atoms with Crippen molar-refractivity contribution >= 4 is 40.9 Å². The van der Waals surface area contributed by atoms with E-state index < -0.39 is 11.8 Å². The molecule has 2 aromatic carbocycles. The molecule has 3 aromatic rings. The lowest BCUT2D eigenvalue weighted by molar-refractivity contribution is -0.122. The van der Waals surface area contributed by atoms with Crippen LogP contribution in [0, 0.1) is 13.8 Å². The minimum Gasteiger partial charge on any atom is -0.457 e. The van der Waals surface area contributed by atoms with Crippen molar-refractivity contribution in [2.24, 2.45) is 7.05 Å². The number of nitrogens with one attached hydrogen (secondary N) is 1. The van der Waals surface area contributed by atoms with Crippen LogP contribution in [0.3, 0.4) is 0 Å². The molecular weight excluding hydrogens is 410 g/mol. The van der Waals surface area contributed by atoms with E-state index in [-0.39, 0.29) is 10.7 Å². The van der Waals surface area contributed by atoms with Gasteiger partial charge in [0.25, 0.3) is 11.8 Å². The molecule has 1 saturated heterocycles. The van der Waals surface area contributed by atoms with E-state index in [1.54, 1.807) is 30.3 Å². The fourth-order valence-electron chi connectivity index (χ4n) is 3.37. The molecule has 0 radical (unpaired) electrons. The molecule has 1 aromatic heterocycles. The zero-order valence-electron chi connectivity index (χ0n) is 17.4. The maximum atomic E-state index is 13.2. The number of hydrogen-bond donors (Lipinski definition) is 1. The third-order valence-electron chi connectivity index (χ3n) is 5.29. The van der Waals surface area contributed by atoms with Crippen LogP contribution in [0.25, 0.3) is 6.08 Å². The molecule has 0 atom stereocenters. The number of hydrogen-bond acceptors (Lipinski definition) is 4. The van der Waals surface area contributed by atoms with Gasteiger partial charge in [-0.05, 0) is 80.2 Å². The van der Waals surface area contributed by atoms with Crippen LogP contribution in [0.15, 0.2) is 66.2 Å². The summed E-state index contributed by atoms with van der Waals surface area (Å²) >= 11 is 5.28. The van der Waals surface area contributed by atoms with Crippen molar-refractivity contribution in [2.45, 2.75) is 13.8 Å². The van der Waals surface area contributed by atoms with Gasteiger partial charge in [0.05, 0.1) is 5.69 Å². The molecule has 2 amide bonds. The second-order valence-electron chi connectivity index (χ2n) is 7.25. The number of amides is 2. The van der Waals surface area contributed by atoms with Gasteiger partial charge in [0.15, 0.2) is 5.11 Å². The Hall–Kier alpha value is -3.71. The molecule has 0 spiro atoms. The summed E-state index contributed by atoms with van der Waals surface area (Å²) in [5, 5.41) is 2.66. The Morgan fingerprint density at radius 1 is 0.968 bits per heavy atom. The van der Waals surface area contributed by atoms with E-state index in [2.05, 4.69) is 5.32 Å². The van der Waals surface area contributed by atoms with Gasteiger partial charge >= 0.3 is 0 Å². The highest BCUT2D eigenvalue weighted by molar-refractivity contribution is 7.80. The smallest absolute Gasteiger partial charge is 0.270 e. The van der Waals surface area contributed by atoms with Gasteiger partial charge in [0, 0.05) is 18.4 Å². The van der Waals surface area contributed by atoms with Crippen LogP contribution in [-0.2, 0) is 16.6 Å². The van der Waals surface area contributed by atoms with Crippen molar-refractivity contribution in [1.82, 2.24) is 9.88 Å². The number of ether oxygens (including phenoxy) is 1. The number of aryl methyl sites for hydroxylation is 1. The van der Waals surface area contributed by atoms with E-state index in [0.717, 1.165) is 17.0 Å². The average molecular weight is 432 g/mol. The van der Waals surface area contributed by atoms with E-state index in [1.165, 1.54) is 4.90 Å². The van der Waals surface area contributed by atoms with Gasteiger partial charge in [-0.15, -0.1) is 0 Å². The van der Waals surface area contributed by atoms with E-state index in [9.17, 15) is 9.59 Å². The Kier molecular flexibility index (Phi) is 5.44. The maximum Gasteiger partial charge on any atom is 0.270 e. The Morgan fingerprint density at radius 2 is 1.61 bits per heavy atom. The molecule has 1 fully saturated rings. The third-order valence-corrected chi connectivity index (χ3v) is 5.57. The molecule has 0 unspecified atom stereocenters. The molecule has 0 aliphatic carbocycles. The predicted molar refractivity (Wildman–Crippen MR) is 124 cm³/mol. The van der Waals surface area contributed by atoms with Gasteiger partial charge in [-0.25, -0.2) is 0 Å². The summed E-state index contributed by atoms with van der Waals surface area (Å²) in [6.07, 6.45) is 1.61. The largest absolute Gasteiger partial charge is 0.457 e. The SMILES string of the molecule is Cc1cc(C=C2C(=O)NC(=S)N(c3ccc(Oc4ccccc4)cc3)C2=O)c(C)n1C. The normalized spacial score (nSPS) is 15.4. The standard InChI is InChI=1S/C24H21N3O3S/c1-15-13-17(16(2)26(15)3)14-21-22(28)25-24(31)27(23(21)29)18-9-11-20(12-10-18)30-19-7-5-4-6-8-19/h4-14H,1-3H3,(H,25,28,31). The van der Waals surface area contributed by atoms with Crippen LogP contribution in [0.5, 0.6) is 11.5 Å². The first kappa shape index (κ1) is 20.6. The number of thiocarbonyl (C=S) groups is 1. The number of nitrogens with zero attached hydrogens (tertiary/aromatic N) is 2. The number of carbonyl (C=O) groups excluding carboxylic acids is 2.